The quantitative estimate of drug-likeness (QED) is 0.106. The molecule has 0 aliphatic carbocycles. The molecule has 35 heavy (non-hydrogen) atoms. The first kappa shape index (κ1) is 26.0. The molecule has 7 nitrogen and oxygen atoms in total. The lowest BCUT2D eigenvalue weighted by Crippen LogP contribution is -2.17. The maximum atomic E-state index is 12.6. The fourth-order valence-electron chi connectivity index (χ4n) is 2.99. The molecule has 8 heteroatoms. The molecule has 1 N–H and O–H groups in total. The highest BCUT2D eigenvalue weighted by Gasteiger charge is 2.12. The Balaban J connectivity index is 1.63. The van der Waals surface area contributed by atoms with Gasteiger partial charge in [-0.3, -0.25) is 4.79 Å². The van der Waals surface area contributed by atoms with Crippen molar-refractivity contribution in [3.05, 3.63) is 87.9 Å². The van der Waals surface area contributed by atoms with Gasteiger partial charge in [0.2, 0.25) is 0 Å². The highest BCUT2D eigenvalue weighted by molar-refractivity contribution is 9.10. The first-order chi connectivity index (χ1) is 17.0. The van der Waals surface area contributed by atoms with Gasteiger partial charge in [-0.15, -0.1) is 0 Å². The fraction of sp³-hybridized carbons (Fsp3) is 0.222. The summed E-state index contributed by atoms with van der Waals surface area (Å²) in [6.45, 7) is 5.17. The second kappa shape index (κ2) is 13.3. The number of nitrogens with zero attached hydrogens (tertiary/aromatic N) is 1. The number of hydrazone groups is 1. The van der Waals surface area contributed by atoms with E-state index in [0.29, 0.717) is 47.2 Å². The first-order valence-electron chi connectivity index (χ1n) is 11.3. The van der Waals surface area contributed by atoms with E-state index in [1.807, 2.05) is 6.92 Å². The highest BCUT2D eigenvalue weighted by Crippen LogP contribution is 2.23. The van der Waals surface area contributed by atoms with Crippen LogP contribution in [0, 0.1) is 0 Å². The molecule has 0 aliphatic rings. The summed E-state index contributed by atoms with van der Waals surface area (Å²) in [4.78, 5) is 25.0. The Kier molecular flexibility index (Phi) is 9.86. The van der Waals surface area contributed by atoms with E-state index in [9.17, 15) is 9.59 Å². The monoisotopic (exact) mass is 538 g/mol. The van der Waals surface area contributed by atoms with Crippen LogP contribution in [0.15, 0.2) is 76.3 Å². The Morgan fingerprint density at radius 2 is 1.57 bits per heavy atom. The van der Waals surface area contributed by atoms with Crippen molar-refractivity contribution in [1.29, 1.82) is 0 Å². The van der Waals surface area contributed by atoms with E-state index < -0.39 is 5.97 Å². The van der Waals surface area contributed by atoms with Gasteiger partial charge in [-0.1, -0.05) is 29.3 Å². The van der Waals surface area contributed by atoms with Crippen LogP contribution in [0.5, 0.6) is 17.2 Å². The third-order valence-electron chi connectivity index (χ3n) is 4.83. The van der Waals surface area contributed by atoms with Crippen LogP contribution >= 0.6 is 15.9 Å². The van der Waals surface area contributed by atoms with Crippen molar-refractivity contribution >= 4 is 34.0 Å². The number of benzene rings is 3. The maximum absolute atomic E-state index is 12.6. The van der Waals surface area contributed by atoms with Crippen LogP contribution in [-0.4, -0.2) is 31.3 Å². The number of amides is 1. The number of unbranched alkanes of at least 4 members (excludes halogenated alkanes) is 1. The van der Waals surface area contributed by atoms with Gasteiger partial charge >= 0.3 is 5.97 Å². The Labute approximate surface area is 213 Å². The fourth-order valence-corrected chi connectivity index (χ4v) is 3.37. The topological polar surface area (TPSA) is 86.2 Å². The average molecular weight is 539 g/mol. The largest absolute Gasteiger partial charge is 0.494 e. The van der Waals surface area contributed by atoms with Crippen LogP contribution in [0.1, 0.15) is 53.0 Å². The van der Waals surface area contributed by atoms with E-state index in [4.69, 9.17) is 14.2 Å². The molecule has 0 aromatic heterocycles. The van der Waals surface area contributed by atoms with Gasteiger partial charge in [0.05, 0.1) is 25.0 Å². The number of rotatable bonds is 11. The summed E-state index contributed by atoms with van der Waals surface area (Å²) in [6, 6.07) is 18.7. The van der Waals surface area contributed by atoms with Crippen molar-refractivity contribution in [3.63, 3.8) is 0 Å². The van der Waals surface area contributed by atoms with E-state index in [1.54, 1.807) is 66.7 Å². The lowest BCUT2D eigenvalue weighted by Gasteiger charge is -2.09. The standard InChI is InChI=1S/C27H27BrN2O5/c1-3-5-16-34-24-11-6-19(7-12-24)26(31)30-29-18-21-17-22(28)10-15-25(21)35-27(32)20-8-13-23(14-9-20)33-4-2/h6-15,17-18H,3-5,16H2,1-2H3,(H,30,31). The normalized spacial score (nSPS) is 10.7. The van der Waals surface area contributed by atoms with E-state index in [-0.39, 0.29) is 5.91 Å². The van der Waals surface area contributed by atoms with E-state index in [1.165, 1.54) is 6.21 Å². The number of halogens is 1. The van der Waals surface area contributed by atoms with E-state index in [2.05, 4.69) is 33.4 Å². The summed E-state index contributed by atoms with van der Waals surface area (Å²) < 4.78 is 17.3. The minimum atomic E-state index is -0.518. The zero-order chi connectivity index (χ0) is 25.0. The number of carbonyl (C=O) groups is 2. The van der Waals surface area contributed by atoms with Gasteiger partial charge in [0, 0.05) is 15.6 Å². The highest BCUT2D eigenvalue weighted by atomic mass is 79.9. The van der Waals surface area contributed by atoms with Crippen molar-refractivity contribution in [2.24, 2.45) is 5.10 Å². The summed E-state index contributed by atoms with van der Waals surface area (Å²) in [5.41, 5.74) is 3.83. The van der Waals surface area contributed by atoms with Gasteiger partial charge in [-0.2, -0.15) is 5.10 Å². The van der Waals surface area contributed by atoms with Gasteiger partial charge in [-0.25, -0.2) is 10.2 Å². The van der Waals surface area contributed by atoms with Crippen molar-refractivity contribution < 1.29 is 23.8 Å². The molecular weight excluding hydrogens is 512 g/mol. The van der Waals surface area contributed by atoms with Crippen LogP contribution in [0.2, 0.25) is 0 Å². The van der Waals surface area contributed by atoms with Crippen LogP contribution < -0.4 is 19.6 Å². The van der Waals surface area contributed by atoms with Gasteiger partial charge in [0.1, 0.15) is 17.2 Å². The zero-order valence-electron chi connectivity index (χ0n) is 19.6. The summed E-state index contributed by atoms with van der Waals surface area (Å²) in [5.74, 6) is 0.805. The summed E-state index contributed by atoms with van der Waals surface area (Å²) in [7, 11) is 0. The minimum Gasteiger partial charge on any atom is -0.494 e. The van der Waals surface area contributed by atoms with Crippen LogP contribution in [0.25, 0.3) is 0 Å². The minimum absolute atomic E-state index is 0.304. The van der Waals surface area contributed by atoms with Crippen LogP contribution in [-0.2, 0) is 0 Å². The average Bonchev–Trinajstić information content (AvgIpc) is 2.86. The molecule has 0 fully saturated rings. The SMILES string of the molecule is CCCCOc1ccc(C(=O)NN=Cc2cc(Br)ccc2OC(=O)c2ccc(OCC)cc2)cc1. The molecule has 0 aliphatic heterocycles. The number of hydrogen-bond donors (Lipinski definition) is 1. The smallest absolute Gasteiger partial charge is 0.343 e. The van der Waals surface area contributed by atoms with Gasteiger partial charge < -0.3 is 14.2 Å². The van der Waals surface area contributed by atoms with Crippen LogP contribution in [0.4, 0.5) is 0 Å². The molecule has 0 bridgehead atoms. The summed E-state index contributed by atoms with van der Waals surface area (Å²) >= 11 is 3.40. The molecule has 1 amide bonds. The van der Waals surface area contributed by atoms with E-state index >= 15 is 0 Å². The van der Waals surface area contributed by atoms with Crippen molar-refractivity contribution in [3.8, 4) is 17.2 Å². The van der Waals surface area contributed by atoms with E-state index in [0.717, 1.165) is 17.3 Å². The molecule has 0 saturated heterocycles. The van der Waals surface area contributed by atoms with Gasteiger partial charge in [0.25, 0.3) is 5.91 Å². The Morgan fingerprint density at radius 3 is 2.23 bits per heavy atom. The Hall–Kier alpha value is -3.65. The van der Waals surface area contributed by atoms with Gasteiger partial charge in [0.15, 0.2) is 0 Å². The second-order valence-corrected chi connectivity index (χ2v) is 8.37. The molecule has 0 saturated carbocycles. The predicted octanol–water partition coefficient (Wildman–Crippen LogP) is 6.01. The third kappa shape index (κ3) is 7.96. The summed E-state index contributed by atoms with van der Waals surface area (Å²) in [5, 5.41) is 4.03. The molecule has 0 atom stereocenters. The van der Waals surface area contributed by atoms with Gasteiger partial charge in [-0.05, 0) is 80.1 Å². The number of carbonyl (C=O) groups excluding carboxylic acids is 2. The molecule has 3 aromatic rings. The molecular formula is C27H27BrN2O5. The molecule has 182 valence electrons. The van der Waals surface area contributed by atoms with Crippen molar-refractivity contribution in [1.82, 2.24) is 5.43 Å². The lowest BCUT2D eigenvalue weighted by molar-refractivity contribution is 0.0734. The summed E-state index contributed by atoms with van der Waals surface area (Å²) in [6.07, 6.45) is 3.45. The number of esters is 1. The number of ether oxygens (including phenoxy) is 3. The molecule has 0 radical (unpaired) electrons. The second-order valence-electron chi connectivity index (χ2n) is 7.45. The first-order valence-corrected chi connectivity index (χ1v) is 12.1. The molecule has 3 aromatic carbocycles. The third-order valence-corrected chi connectivity index (χ3v) is 5.32. The zero-order valence-corrected chi connectivity index (χ0v) is 21.2. The molecule has 0 spiro atoms. The Morgan fingerprint density at radius 1 is 0.914 bits per heavy atom. The van der Waals surface area contributed by atoms with Crippen LogP contribution in [0.3, 0.4) is 0 Å². The molecule has 0 heterocycles. The molecule has 0 unspecified atom stereocenters. The van der Waals surface area contributed by atoms with Crippen molar-refractivity contribution in [2.75, 3.05) is 13.2 Å². The molecule has 3 rings (SSSR count). The maximum Gasteiger partial charge on any atom is 0.343 e. The van der Waals surface area contributed by atoms with Crippen molar-refractivity contribution in [2.45, 2.75) is 26.7 Å². The Bertz CT molecular complexity index is 1160. The number of hydrogen-bond acceptors (Lipinski definition) is 6. The predicted molar refractivity (Wildman–Crippen MR) is 139 cm³/mol. The number of nitrogens with one attached hydrogen (secondary N) is 1. The lowest BCUT2D eigenvalue weighted by atomic mass is 10.2.